The van der Waals surface area contributed by atoms with Gasteiger partial charge in [0.25, 0.3) is 0 Å². The fourth-order valence-electron chi connectivity index (χ4n) is 5.40. The third kappa shape index (κ3) is 5.39. The molecule has 0 unspecified atom stereocenters. The van der Waals surface area contributed by atoms with E-state index in [1.807, 2.05) is 12.2 Å². The van der Waals surface area contributed by atoms with Gasteiger partial charge < -0.3 is 4.90 Å². The third-order valence-corrected chi connectivity index (χ3v) is 7.39. The van der Waals surface area contributed by atoms with Crippen molar-refractivity contribution in [3.05, 3.63) is 183 Å². The fourth-order valence-corrected chi connectivity index (χ4v) is 5.40. The van der Waals surface area contributed by atoms with Gasteiger partial charge in [-0.1, -0.05) is 141 Å². The normalized spacial score (nSPS) is 11.3. The van der Waals surface area contributed by atoms with Gasteiger partial charge in [0.05, 0.1) is 0 Å². The van der Waals surface area contributed by atoms with Gasteiger partial charge in [0, 0.05) is 17.1 Å². The van der Waals surface area contributed by atoms with Crippen molar-refractivity contribution in [2.24, 2.45) is 0 Å². The maximum Gasteiger partial charge on any atom is 0.0467 e. The first-order chi connectivity index (χ1) is 20.2. The molecule has 0 heterocycles. The molecule has 0 radical (unpaired) electrons. The molecule has 0 saturated carbocycles. The Bertz CT molecular complexity index is 1850. The Morgan fingerprint density at radius 2 is 1.17 bits per heavy atom. The summed E-state index contributed by atoms with van der Waals surface area (Å²) in [6.07, 6.45) is 5.67. The number of benzene rings is 6. The number of hydrogen-bond donors (Lipinski definition) is 0. The molecule has 6 aromatic carbocycles. The SMILES string of the molecule is C=C/C=C(\C=C)c1cccc(N(c2ccc(-c3cccc4ccccc34)cc2)c2cccc(-c3ccccc3)c2)c1. The molecule has 0 aliphatic rings. The van der Waals surface area contributed by atoms with Crippen molar-refractivity contribution in [3.63, 3.8) is 0 Å². The highest BCUT2D eigenvalue weighted by atomic mass is 15.1. The van der Waals surface area contributed by atoms with Gasteiger partial charge in [0.1, 0.15) is 0 Å². The Morgan fingerprint density at radius 1 is 0.512 bits per heavy atom. The number of allylic oxidation sites excluding steroid dienone is 4. The van der Waals surface area contributed by atoms with Crippen LogP contribution < -0.4 is 4.90 Å². The van der Waals surface area contributed by atoms with Crippen molar-refractivity contribution in [3.8, 4) is 22.3 Å². The zero-order chi connectivity index (χ0) is 28.0. The molecule has 6 aromatic rings. The van der Waals surface area contributed by atoms with Crippen molar-refractivity contribution >= 4 is 33.4 Å². The summed E-state index contributed by atoms with van der Waals surface area (Å²) >= 11 is 0. The molecule has 0 aliphatic carbocycles. The second-order valence-corrected chi connectivity index (χ2v) is 9.94. The predicted molar refractivity (Wildman–Crippen MR) is 178 cm³/mol. The van der Waals surface area contributed by atoms with Crippen LogP contribution >= 0.6 is 0 Å². The van der Waals surface area contributed by atoms with Crippen molar-refractivity contribution in [1.82, 2.24) is 0 Å². The largest absolute Gasteiger partial charge is 0.310 e. The van der Waals surface area contributed by atoms with Crippen LogP contribution in [0.1, 0.15) is 5.56 Å². The lowest BCUT2D eigenvalue weighted by Gasteiger charge is -2.27. The fraction of sp³-hybridized carbons (Fsp3) is 0. The van der Waals surface area contributed by atoms with Gasteiger partial charge in [-0.05, 0) is 80.6 Å². The smallest absolute Gasteiger partial charge is 0.0467 e. The van der Waals surface area contributed by atoms with Gasteiger partial charge >= 0.3 is 0 Å². The predicted octanol–water partition coefficient (Wildman–Crippen LogP) is 11.4. The Balaban J connectivity index is 1.48. The topological polar surface area (TPSA) is 3.24 Å². The molecule has 0 N–H and O–H groups in total. The Hall–Kier alpha value is -5.40. The van der Waals surface area contributed by atoms with Crippen molar-refractivity contribution in [2.45, 2.75) is 0 Å². The average molecular weight is 526 g/mol. The number of anilines is 3. The molecule has 0 aromatic heterocycles. The second kappa shape index (κ2) is 11.8. The van der Waals surface area contributed by atoms with Crippen LogP contribution in [0.25, 0.3) is 38.6 Å². The third-order valence-electron chi connectivity index (χ3n) is 7.39. The van der Waals surface area contributed by atoms with Crippen molar-refractivity contribution in [1.29, 1.82) is 0 Å². The molecule has 0 atom stereocenters. The van der Waals surface area contributed by atoms with E-state index < -0.39 is 0 Å². The van der Waals surface area contributed by atoms with Crippen LogP contribution in [0.15, 0.2) is 177 Å². The molecule has 0 spiro atoms. The van der Waals surface area contributed by atoms with E-state index in [0.717, 1.165) is 28.2 Å². The van der Waals surface area contributed by atoms with E-state index >= 15 is 0 Å². The highest BCUT2D eigenvalue weighted by molar-refractivity contribution is 5.97. The van der Waals surface area contributed by atoms with Crippen molar-refractivity contribution < 1.29 is 0 Å². The maximum absolute atomic E-state index is 4.02. The Morgan fingerprint density at radius 3 is 1.95 bits per heavy atom. The zero-order valence-electron chi connectivity index (χ0n) is 22.9. The quantitative estimate of drug-likeness (QED) is 0.179. The van der Waals surface area contributed by atoms with E-state index in [9.17, 15) is 0 Å². The van der Waals surface area contributed by atoms with E-state index in [4.69, 9.17) is 0 Å². The van der Waals surface area contributed by atoms with Gasteiger partial charge in [-0.15, -0.1) is 0 Å². The molecule has 196 valence electrons. The number of nitrogens with zero attached hydrogens (tertiary/aromatic N) is 1. The summed E-state index contributed by atoms with van der Waals surface area (Å²) in [6.45, 7) is 7.91. The highest BCUT2D eigenvalue weighted by Gasteiger charge is 2.15. The molecule has 41 heavy (non-hydrogen) atoms. The molecule has 0 amide bonds. The first kappa shape index (κ1) is 25.9. The first-order valence-corrected chi connectivity index (χ1v) is 13.8. The first-order valence-electron chi connectivity index (χ1n) is 13.8. The molecule has 1 nitrogen and oxygen atoms in total. The summed E-state index contributed by atoms with van der Waals surface area (Å²) in [5.41, 5.74) is 10.2. The summed E-state index contributed by atoms with van der Waals surface area (Å²) in [5.74, 6) is 0. The van der Waals surface area contributed by atoms with Gasteiger partial charge in [0.15, 0.2) is 0 Å². The average Bonchev–Trinajstić information content (AvgIpc) is 3.04. The molecule has 0 bridgehead atoms. The molecule has 0 fully saturated rings. The Kier molecular flexibility index (Phi) is 7.42. The van der Waals surface area contributed by atoms with Crippen LogP contribution in [0.4, 0.5) is 17.1 Å². The van der Waals surface area contributed by atoms with Crippen LogP contribution in [0.2, 0.25) is 0 Å². The number of hydrogen-bond acceptors (Lipinski definition) is 1. The molecular formula is C40H31N. The number of fused-ring (bicyclic) bond motifs is 1. The van der Waals surface area contributed by atoms with Gasteiger partial charge in [-0.2, -0.15) is 0 Å². The van der Waals surface area contributed by atoms with Gasteiger partial charge in [-0.25, -0.2) is 0 Å². The van der Waals surface area contributed by atoms with E-state index in [1.54, 1.807) is 6.08 Å². The minimum atomic E-state index is 1.03. The summed E-state index contributed by atoms with van der Waals surface area (Å²) < 4.78 is 0. The second-order valence-electron chi connectivity index (χ2n) is 9.94. The van der Waals surface area contributed by atoms with Gasteiger partial charge in [0.2, 0.25) is 0 Å². The summed E-state index contributed by atoms with van der Waals surface area (Å²) in [6, 6.07) is 51.8. The molecule has 6 rings (SSSR count). The number of rotatable bonds is 8. The Labute approximate surface area is 242 Å². The van der Waals surface area contributed by atoms with Crippen LogP contribution in [-0.2, 0) is 0 Å². The zero-order valence-corrected chi connectivity index (χ0v) is 22.9. The minimum absolute atomic E-state index is 1.03. The summed E-state index contributed by atoms with van der Waals surface area (Å²) in [4.78, 5) is 2.32. The van der Waals surface area contributed by atoms with E-state index in [0.29, 0.717) is 0 Å². The lowest BCUT2D eigenvalue weighted by Crippen LogP contribution is -2.10. The van der Waals surface area contributed by atoms with E-state index in [2.05, 4.69) is 164 Å². The standard InChI is InChI=1S/C40H31N/c1-3-13-30(4-2)34-18-10-20-37(28-34)41(38-21-11-19-35(29-38)31-14-6-5-7-15-31)36-26-24-33(25-27-36)40-23-12-17-32-16-8-9-22-39(32)40/h3-29H,1-2H2/b30-13+. The summed E-state index contributed by atoms with van der Waals surface area (Å²) in [5, 5.41) is 2.50. The van der Waals surface area contributed by atoms with Crippen LogP contribution in [-0.4, -0.2) is 0 Å². The van der Waals surface area contributed by atoms with Crippen molar-refractivity contribution in [2.75, 3.05) is 4.90 Å². The molecule has 0 aliphatic heterocycles. The van der Waals surface area contributed by atoms with E-state index in [1.165, 1.54) is 33.0 Å². The summed E-state index contributed by atoms with van der Waals surface area (Å²) in [7, 11) is 0. The molecular weight excluding hydrogens is 494 g/mol. The van der Waals surface area contributed by atoms with Crippen LogP contribution in [0, 0.1) is 0 Å². The van der Waals surface area contributed by atoms with Crippen LogP contribution in [0.5, 0.6) is 0 Å². The monoisotopic (exact) mass is 525 g/mol. The van der Waals surface area contributed by atoms with Crippen LogP contribution in [0.3, 0.4) is 0 Å². The minimum Gasteiger partial charge on any atom is -0.310 e. The molecule has 0 saturated heterocycles. The van der Waals surface area contributed by atoms with E-state index in [-0.39, 0.29) is 0 Å². The lowest BCUT2D eigenvalue weighted by atomic mass is 9.98. The molecule has 1 heteroatoms. The van der Waals surface area contributed by atoms with Gasteiger partial charge in [-0.3, -0.25) is 0 Å². The maximum atomic E-state index is 4.02. The lowest BCUT2D eigenvalue weighted by molar-refractivity contribution is 1.28. The highest BCUT2D eigenvalue weighted by Crippen LogP contribution is 2.39.